The van der Waals surface area contributed by atoms with Gasteiger partial charge in [0.2, 0.25) is 5.91 Å². The zero-order valence-corrected chi connectivity index (χ0v) is 13.6. The van der Waals surface area contributed by atoms with Crippen LogP contribution in [0.15, 0.2) is 30.3 Å². The number of carbonyl (C=O) groups excluding carboxylic acids is 1. The number of allylic oxidation sites excluding steroid dienone is 1. The summed E-state index contributed by atoms with van der Waals surface area (Å²) in [7, 11) is 1.52. The topological polar surface area (TPSA) is 38.8 Å². The van der Waals surface area contributed by atoms with Crippen LogP contribution in [-0.2, 0) is 9.53 Å². The van der Waals surface area contributed by atoms with Crippen LogP contribution in [0.1, 0.15) is 12.0 Å². The molecule has 4 nitrogen and oxygen atoms in total. The predicted molar refractivity (Wildman–Crippen MR) is 82.0 cm³/mol. The fraction of sp³-hybridized carbons (Fsp3) is 0.400. The van der Waals surface area contributed by atoms with Crippen LogP contribution in [0.4, 0.5) is 8.78 Å². The molecule has 2 rings (SSSR count). The summed E-state index contributed by atoms with van der Waals surface area (Å²) in [5, 5.41) is 0. The van der Waals surface area contributed by atoms with Crippen LogP contribution < -0.4 is 4.74 Å². The number of nitrogens with zero attached hydrogens (tertiary/aromatic N) is 1. The molecule has 0 spiro atoms. The average molecular weight is 376 g/mol. The fourth-order valence-corrected chi connectivity index (χ4v) is 2.60. The van der Waals surface area contributed by atoms with Crippen molar-refractivity contribution in [2.75, 3.05) is 20.4 Å². The van der Waals surface area contributed by atoms with Gasteiger partial charge in [-0.05, 0) is 36.2 Å². The van der Waals surface area contributed by atoms with Gasteiger partial charge in [0.1, 0.15) is 5.75 Å². The van der Waals surface area contributed by atoms with Gasteiger partial charge in [-0.2, -0.15) is 0 Å². The molecule has 0 aliphatic carbocycles. The number of ether oxygens (including phenoxy) is 2. The SMILES string of the molecule is COCOc1ccc(C2=CCC(Br)C(=O)N2CC(F)F)cc1. The first-order valence-electron chi connectivity index (χ1n) is 6.69. The van der Waals surface area contributed by atoms with E-state index in [0.29, 0.717) is 23.4 Å². The van der Waals surface area contributed by atoms with Crippen LogP contribution in [0.25, 0.3) is 5.70 Å². The van der Waals surface area contributed by atoms with E-state index in [2.05, 4.69) is 15.9 Å². The van der Waals surface area contributed by atoms with E-state index in [1.807, 2.05) is 0 Å². The van der Waals surface area contributed by atoms with Crippen LogP contribution in [0.5, 0.6) is 5.75 Å². The highest BCUT2D eigenvalue weighted by atomic mass is 79.9. The van der Waals surface area contributed by atoms with Crippen LogP contribution in [-0.4, -0.2) is 42.5 Å². The maximum Gasteiger partial charge on any atom is 0.256 e. The summed E-state index contributed by atoms with van der Waals surface area (Å²) in [5.74, 6) is 0.254. The van der Waals surface area contributed by atoms with E-state index in [1.54, 1.807) is 30.3 Å². The van der Waals surface area contributed by atoms with Gasteiger partial charge >= 0.3 is 0 Å². The Labute approximate surface area is 135 Å². The summed E-state index contributed by atoms with van der Waals surface area (Å²) >= 11 is 3.21. The van der Waals surface area contributed by atoms with Gasteiger partial charge in [0, 0.05) is 12.8 Å². The van der Waals surface area contributed by atoms with Gasteiger partial charge in [-0.3, -0.25) is 4.79 Å². The molecule has 0 N–H and O–H groups in total. The van der Waals surface area contributed by atoms with E-state index in [0.717, 1.165) is 4.90 Å². The fourth-order valence-electron chi connectivity index (χ4n) is 2.16. The van der Waals surface area contributed by atoms with Crippen molar-refractivity contribution in [3.8, 4) is 5.75 Å². The van der Waals surface area contributed by atoms with Gasteiger partial charge in [-0.15, -0.1) is 0 Å². The highest BCUT2D eigenvalue weighted by Gasteiger charge is 2.31. The van der Waals surface area contributed by atoms with E-state index >= 15 is 0 Å². The molecule has 1 aromatic carbocycles. The third kappa shape index (κ3) is 4.04. The van der Waals surface area contributed by atoms with Crippen LogP contribution in [0.2, 0.25) is 0 Å². The Morgan fingerprint density at radius 1 is 1.36 bits per heavy atom. The number of halogens is 3. The first-order valence-corrected chi connectivity index (χ1v) is 7.60. The third-order valence-corrected chi connectivity index (χ3v) is 3.92. The molecule has 1 atom stereocenters. The lowest BCUT2D eigenvalue weighted by Crippen LogP contribution is -2.40. The van der Waals surface area contributed by atoms with Crippen LogP contribution in [0.3, 0.4) is 0 Å². The molecule has 1 amide bonds. The molecule has 1 aliphatic rings. The number of benzene rings is 1. The number of hydrogen-bond donors (Lipinski definition) is 0. The van der Waals surface area contributed by atoms with Crippen molar-refractivity contribution in [1.82, 2.24) is 4.90 Å². The summed E-state index contributed by atoms with van der Waals surface area (Å²) < 4.78 is 35.6. The van der Waals surface area contributed by atoms with Crippen molar-refractivity contribution in [2.24, 2.45) is 0 Å². The molecule has 1 heterocycles. The maximum absolute atomic E-state index is 12.7. The van der Waals surface area contributed by atoms with Crippen molar-refractivity contribution in [2.45, 2.75) is 17.7 Å². The Morgan fingerprint density at radius 2 is 2.05 bits per heavy atom. The average Bonchev–Trinajstić information content (AvgIpc) is 2.50. The van der Waals surface area contributed by atoms with Gasteiger partial charge in [0.05, 0.1) is 11.4 Å². The van der Waals surface area contributed by atoms with E-state index in [9.17, 15) is 13.6 Å². The molecular formula is C15H16BrF2NO3. The minimum atomic E-state index is -2.59. The molecule has 1 aliphatic heterocycles. The van der Waals surface area contributed by atoms with Gasteiger partial charge < -0.3 is 14.4 Å². The zero-order valence-electron chi connectivity index (χ0n) is 12.0. The lowest BCUT2D eigenvalue weighted by Gasteiger charge is -2.31. The van der Waals surface area contributed by atoms with Crippen LogP contribution >= 0.6 is 15.9 Å². The molecule has 1 aromatic rings. The second-order valence-corrected chi connectivity index (χ2v) is 5.81. The van der Waals surface area contributed by atoms with Crippen molar-refractivity contribution >= 4 is 27.5 Å². The van der Waals surface area contributed by atoms with Crippen molar-refractivity contribution in [3.05, 3.63) is 35.9 Å². The quantitative estimate of drug-likeness (QED) is 0.565. The zero-order chi connectivity index (χ0) is 16.1. The summed E-state index contributed by atoms with van der Waals surface area (Å²) in [6.07, 6.45) is -0.334. The predicted octanol–water partition coefficient (Wildman–Crippen LogP) is 3.27. The second-order valence-electron chi connectivity index (χ2n) is 4.71. The number of carbonyl (C=O) groups is 1. The molecule has 0 radical (unpaired) electrons. The molecule has 7 heteroatoms. The summed E-state index contributed by atoms with van der Waals surface area (Å²) in [5.41, 5.74) is 1.19. The lowest BCUT2D eigenvalue weighted by molar-refractivity contribution is -0.129. The molecule has 0 bridgehead atoms. The first kappa shape index (κ1) is 16.9. The third-order valence-electron chi connectivity index (χ3n) is 3.16. The first-order chi connectivity index (χ1) is 10.5. The van der Waals surface area contributed by atoms with E-state index in [4.69, 9.17) is 9.47 Å². The Bertz CT molecular complexity index is 548. The van der Waals surface area contributed by atoms with E-state index in [-0.39, 0.29) is 12.7 Å². The number of rotatable bonds is 6. The molecule has 0 saturated carbocycles. The Hall–Kier alpha value is -1.47. The maximum atomic E-state index is 12.7. The summed E-state index contributed by atoms with van der Waals surface area (Å²) in [4.78, 5) is 12.8. The molecule has 0 saturated heterocycles. The lowest BCUT2D eigenvalue weighted by atomic mass is 10.0. The van der Waals surface area contributed by atoms with Crippen molar-refractivity contribution < 1.29 is 23.0 Å². The molecule has 22 heavy (non-hydrogen) atoms. The smallest absolute Gasteiger partial charge is 0.256 e. The standard InChI is InChI=1S/C15H16BrF2NO3/c1-21-9-22-11-4-2-10(3-5-11)13-7-6-12(16)15(20)19(13)8-14(17)18/h2-5,7,12,14H,6,8-9H2,1H3. The van der Waals surface area contributed by atoms with Crippen molar-refractivity contribution in [1.29, 1.82) is 0 Å². The minimum Gasteiger partial charge on any atom is -0.468 e. The highest BCUT2D eigenvalue weighted by molar-refractivity contribution is 9.10. The normalized spacial score (nSPS) is 18.6. The largest absolute Gasteiger partial charge is 0.468 e. The molecular weight excluding hydrogens is 360 g/mol. The highest BCUT2D eigenvalue weighted by Crippen LogP contribution is 2.30. The van der Waals surface area contributed by atoms with Gasteiger partial charge in [0.25, 0.3) is 6.43 Å². The minimum absolute atomic E-state index is 0.128. The van der Waals surface area contributed by atoms with Gasteiger partial charge in [-0.1, -0.05) is 22.0 Å². The number of alkyl halides is 3. The number of hydrogen-bond acceptors (Lipinski definition) is 3. The Balaban J connectivity index is 2.22. The molecule has 0 aromatic heterocycles. The second kappa shape index (κ2) is 7.69. The summed E-state index contributed by atoms with van der Waals surface area (Å²) in [6, 6.07) is 6.88. The van der Waals surface area contributed by atoms with Gasteiger partial charge in [0.15, 0.2) is 6.79 Å². The van der Waals surface area contributed by atoms with Crippen molar-refractivity contribution in [3.63, 3.8) is 0 Å². The van der Waals surface area contributed by atoms with E-state index in [1.165, 1.54) is 7.11 Å². The van der Waals surface area contributed by atoms with E-state index < -0.39 is 17.8 Å². The van der Waals surface area contributed by atoms with Crippen LogP contribution in [0, 0.1) is 0 Å². The summed E-state index contributed by atoms with van der Waals surface area (Å²) in [6.45, 7) is -0.488. The molecule has 0 fully saturated rings. The number of methoxy groups -OCH3 is 1. The Kier molecular flexibility index (Phi) is 5.90. The molecule has 1 unspecified atom stereocenters. The number of amides is 1. The Morgan fingerprint density at radius 3 is 2.64 bits per heavy atom. The van der Waals surface area contributed by atoms with Gasteiger partial charge in [-0.25, -0.2) is 8.78 Å². The monoisotopic (exact) mass is 375 g/mol. The molecule has 120 valence electrons.